The Morgan fingerprint density at radius 3 is 2.74 bits per heavy atom. The molecule has 2 aromatic heterocycles. The standard InChI is InChI=1S/C15H18N4O2S2/c1-5-6-16-14-18-19-15(23-14)22-7-11(21)13-8(2)12(10(4)20)9(3)17-13/h5,17H,1,6-7H2,2-4H3,(H,16,18). The number of aryl methyl sites for hydroxylation is 1. The molecular formula is C15H18N4O2S2. The summed E-state index contributed by atoms with van der Waals surface area (Å²) >= 11 is 2.73. The van der Waals surface area contributed by atoms with Gasteiger partial charge in [0.15, 0.2) is 15.9 Å². The zero-order valence-corrected chi connectivity index (χ0v) is 14.9. The number of rotatable bonds is 8. The molecule has 0 saturated carbocycles. The molecule has 0 bridgehead atoms. The predicted molar refractivity (Wildman–Crippen MR) is 93.9 cm³/mol. The molecule has 0 aliphatic carbocycles. The molecule has 0 spiro atoms. The van der Waals surface area contributed by atoms with Crippen LogP contribution in [-0.2, 0) is 0 Å². The Bertz CT molecular complexity index is 749. The first-order valence-corrected chi connectivity index (χ1v) is 8.78. The van der Waals surface area contributed by atoms with Crippen molar-refractivity contribution in [2.45, 2.75) is 25.1 Å². The average Bonchev–Trinajstić information content (AvgIpc) is 3.07. The minimum atomic E-state index is -0.0566. The molecule has 2 heterocycles. The second kappa shape index (κ2) is 7.56. The van der Waals surface area contributed by atoms with Gasteiger partial charge in [-0.15, -0.1) is 16.8 Å². The highest BCUT2D eigenvalue weighted by Gasteiger charge is 2.20. The molecule has 0 unspecified atom stereocenters. The van der Waals surface area contributed by atoms with Crippen molar-refractivity contribution in [3.63, 3.8) is 0 Å². The van der Waals surface area contributed by atoms with E-state index < -0.39 is 0 Å². The van der Waals surface area contributed by atoms with Gasteiger partial charge in [-0.1, -0.05) is 29.2 Å². The Labute approximate surface area is 142 Å². The number of H-pyrrole nitrogens is 1. The monoisotopic (exact) mass is 350 g/mol. The van der Waals surface area contributed by atoms with E-state index in [9.17, 15) is 9.59 Å². The van der Waals surface area contributed by atoms with Crippen molar-refractivity contribution >= 4 is 39.8 Å². The van der Waals surface area contributed by atoms with E-state index in [0.717, 1.165) is 10.0 Å². The fourth-order valence-electron chi connectivity index (χ4n) is 2.26. The van der Waals surface area contributed by atoms with Crippen LogP contribution in [0.5, 0.6) is 0 Å². The second-order valence-corrected chi connectivity index (χ2v) is 7.14. The topological polar surface area (TPSA) is 87.7 Å². The summed E-state index contributed by atoms with van der Waals surface area (Å²) in [6.07, 6.45) is 1.74. The number of hydrogen-bond acceptors (Lipinski definition) is 7. The van der Waals surface area contributed by atoms with Gasteiger partial charge in [0.1, 0.15) is 0 Å². The number of aromatic amines is 1. The molecule has 0 aliphatic rings. The van der Waals surface area contributed by atoms with E-state index in [1.165, 1.54) is 30.0 Å². The quantitative estimate of drug-likeness (QED) is 0.432. The van der Waals surface area contributed by atoms with Crippen LogP contribution in [-0.4, -0.2) is 39.0 Å². The molecule has 0 atom stereocenters. The summed E-state index contributed by atoms with van der Waals surface area (Å²) in [5.74, 6) is 0.151. The van der Waals surface area contributed by atoms with E-state index in [1.54, 1.807) is 19.9 Å². The number of anilines is 1. The first kappa shape index (κ1) is 17.4. The van der Waals surface area contributed by atoms with Crippen LogP contribution < -0.4 is 5.32 Å². The van der Waals surface area contributed by atoms with E-state index >= 15 is 0 Å². The molecule has 6 nitrogen and oxygen atoms in total. The Hall–Kier alpha value is -1.93. The fraction of sp³-hybridized carbons (Fsp3) is 0.333. The molecule has 8 heteroatoms. The third-order valence-electron chi connectivity index (χ3n) is 3.20. The highest BCUT2D eigenvalue weighted by atomic mass is 32.2. The lowest BCUT2D eigenvalue weighted by Gasteiger charge is -1.99. The summed E-state index contributed by atoms with van der Waals surface area (Å²) in [6.45, 7) is 9.34. The van der Waals surface area contributed by atoms with Gasteiger partial charge < -0.3 is 10.3 Å². The van der Waals surface area contributed by atoms with E-state index in [2.05, 4.69) is 27.1 Å². The Morgan fingerprint density at radius 1 is 1.39 bits per heavy atom. The van der Waals surface area contributed by atoms with Crippen molar-refractivity contribution in [1.82, 2.24) is 15.2 Å². The van der Waals surface area contributed by atoms with Gasteiger partial charge in [0, 0.05) is 17.8 Å². The lowest BCUT2D eigenvalue weighted by atomic mass is 10.1. The van der Waals surface area contributed by atoms with E-state index in [0.29, 0.717) is 28.5 Å². The number of hydrogen-bond donors (Lipinski definition) is 2. The molecule has 122 valence electrons. The third kappa shape index (κ3) is 4.08. The SMILES string of the molecule is C=CCNc1nnc(SCC(=O)c2[nH]c(C)c(C(C)=O)c2C)s1. The second-order valence-electron chi connectivity index (χ2n) is 4.94. The van der Waals surface area contributed by atoms with Gasteiger partial charge in [0.2, 0.25) is 5.13 Å². The van der Waals surface area contributed by atoms with Crippen LogP contribution in [0.25, 0.3) is 0 Å². The molecule has 23 heavy (non-hydrogen) atoms. The van der Waals surface area contributed by atoms with Gasteiger partial charge in [0.25, 0.3) is 0 Å². The van der Waals surface area contributed by atoms with Crippen molar-refractivity contribution in [3.8, 4) is 0 Å². The molecule has 2 rings (SSSR count). The lowest BCUT2D eigenvalue weighted by Crippen LogP contribution is -2.05. The first-order chi connectivity index (χ1) is 10.9. The molecule has 0 aliphatic heterocycles. The van der Waals surface area contributed by atoms with Gasteiger partial charge in [-0.3, -0.25) is 9.59 Å². The third-order valence-corrected chi connectivity index (χ3v) is 5.21. The van der Waals surface area contributed by atoms with Crippen LogP contribution in [0.15, 0.2) is 17.0 Å². The number of carbonyl (C=O) groups excluding carboxylic acids is 2. The number of carbonyl (C=O) groups is 2. The highest BCUT2D eigenvalue weighted by Crippen LogP contribution is 2.27. The van der Waals surface area contributed by atoms with Gasteiger partial charge in [-0.2, -0.15) is 0 Å². The highest BCUT2D eigenvalue weighted by molar-refractivity contribution is 8.01. The van der Waals surface area contributed by atoms with Crippen molar-refractivity contribution < 1.29 is 9.59 Å². The van der Waals surface area contributed by atoms with Crippen LogP contribution in [0.2, 0.25) is 0 Å². The Balaban J connectivity index is 2.02. The Kier molecular flexibility index (Phi) is 5.73. The Morgan fingerprint density at radius 2 is 2.13 bits per heavy atom. The summed E-state index contributed by atoms with van der Waals surface area (Å²) in [5, 5.41) is 11.8. The smallest absolute Gasteiger partial charge is 0.206 e. The van der Waals surface area contributed by atoms with Crippen molar-refractivity contribution in [1.29, 1.82) is 0 Å². The number of Topliss-reactive ketones (excluding diaryl/α,β-unsaturated/α-hetero) is 2. The zero-order chi connectivity index (χ0) is 17.0. The number of nitrogens with zero attached hydrogens (tertiary/aromatic N) is 2. The summed E-state index contributed by atoms with van der Waals surface area (Å²) in [4.78, 5) is 27.0. The van der Waals surface area contributed by atoms with Gasteiger partial charge in [-0.25, -0.2) is 0 Å². The van der Waals surface area contributed by atoms with Gasteiger partial charge >= 0.3 is 0 Å². The van der Waals surface area contributed by atoms with Crippen molar-refractivity contribution in [3.05, 3.63) is 35.2 Å². The van der Waals surface area contributed by atoms with Crippen LogP contribution in [0, 0.1) is 13.8 Å². The molecule has 0 saturated heterocycles. The number of aromatic nitrogens is 3. The van der Waals surface area contributed by atoms with Crippen LogP contribution >= 0.6 is 23.1 Å². The van der Waals surface area contributed by atoms with Crippen molar-refractivity contribution in [2.24, 2.45) is 0 Å². The fourth-order valence-corrected chi connectivity index (χ4v) is 3.89. The maximum atomic E-state index is 12.4. The molecule has 0 aromatic carbocycles. The molecule has 2 aromatic rings. The van der Waals surface area contributed by atoms with E-state index in [1.807, 2.05) is 0 Å². The number of thioether (sulfide) groups is 1. The molecule has 0 fully saturated rings. The molecule has 0 amide bonds. The van der Waals surface area contributed by atoms with E-state index in [-0.39, 0.29) is 17.3 Å². The molecule has 0 radical (unpaired) electrons. The van der Waals surface area contributed by atoms with E-state index in [4.69, 9.17) is 0 Å². The van der Waals surface area contributed by atoms with Crippen LogP contribution in [0.3, 0.4) is 0 Å². The average molecular weight is 350 g/mol. The maximum Gasteiger partial charge on any atom is 0.206 e. The van der Waals surface area contributed by atoms with Crippen LogP contribution in [0.1, 0.15) is 39.0 Å². The number of ketones is 2. The zero-order valence-electron chi connectivity index (χ0n) is 13.2. The minimum absolute atomic E-state index is 0.0370. The predicted octanol–water partition coefficient (Wildman–Crippen LogP) is 3.26. The summed E-state index contributed by atoms with van der Waals surface area (Å²) in [5.41, 5.74) is 2.54. The normalized spacial score (nSPS) is 10.6. The number of nitrogens with one attached hydrogen (secondary N) is 2. The molecular weight excluding hydrogens is 332 g/mol. The van der Waals surface area contributed by atoms with Crippen LogP contribution in [0.4, 0.5) is 5.13 Å². The summed E-state index contributed by atoms with van der Waals surface area (Å²) in [6, 6.07) is 0. The summed E-state index contributed by atoms with van der Waals surface area (Å²) in [7, 11) is 0. The van der Waals surface area contributed by atoms with Gasteiger partial charge in [0.05, 0.1) is 11.4 Å². The first-order valence-electron chi connectivity index (χ1n) is 6.98. The summed E-state index contributed by atoms with van der Waals surface area (Å²) < 4.78 is 0.720. The lowest BCUT2D eigenvalue weighted by molar-refractivity contribution is 0.101. The minimum Gasteiger partial charge on any atom is -0.357 e. The maximum absolute atomic E-state index is 12.4. The van der Waals surface area contributed by atoms with Gasteiger partial charge in [-0.05, 0) is 26.3 Å². The largest absolute Gasteiger partial charge is 0.357 e. The van der Waals surface area contributed by atoms with Crippen molar-refractivity contribution in [2.75, 3.05) is 17.6 Å². The molecule has 2 N–H and O–H groups in total.